The minimum absolute atomic E-state index is 0.0870. The molecule has 0 saturated carbocycles. The number of halogens is 1. The summed E-state index contributed by atoms with van der Waals surface area (Å²) in [7, 11) is 1.48. The van der Waals surface area contributed by atoms with E-state index in [0.29, 0.717) is 20.4 Å². The Kier molecular flexibility index (Phi) is 5.37. The number of hydrogen-bond donors (Lipinski definition) is 2. The molecule has 114 valence electrons. The van der Waals surface area contributed by atoms with Gasteiger partial charge in [-0.1, -0.05) is 17.7 Å². The highest BCUT2D eigenvalue weighted by Crippen LogP contribution is 2.31. The lowest BCUT2D eigenvalue weighted by atomic mass is 10.1. The van der Waals surface area contributed by atoms with Gasteiger partial charge in [0.2, 0.25) is 0 Å². The Bertz CT molecular complexity index is 712. The number of carbonyl (C=O) groups is 1. The number of hydrogen-bond acceptors (Lipinski definition) is 4. The fourth-order valence-electron chi connectivity index (χ4n) is 1.76. The molecule has 2 aromatic rings. The third-order valence-corrected chi connectivity index (χ3v) is 3.79. The molecule has 0 aliphatic carbocycles. The molecule has 0 fully saturated rings. The Morgan fingerprint density at radius 2 is 2.00 bits per heavy atom. The molecule has 22 heavy (non-hydrogen) atoms. The molecule has 2 rings (SSSR count). The number of carbonyl (C=O) groups excluding carboxylic acids is 1. The van der Waals surface area contributed by atoms with Crippen molar-refractivity contribution in [3.05, 3.63) is 56.7 Å². The van der Waals surface area contributed by atoms with Gasteiger partial charge in [0.25, 0.3) is 5.91 Å². The predicted octanol–water partition coefficient (Wildman–Crippen LogP) is 3.08. The van der Waals surface area contributed by atoms with E-state index in [4.69, 9.17) is 4.74 Å². The molecule has 5 nitrogen and oxygen atoms in total. The van der Waals surface area contributed by atoms with Crippen molar-refractivity contribution < 1.29 is 14.6 Å². The van der Waals surface area contributed by atoms with Gasteiger partial charge in [-0.3, -0.25) is 4.79 Å². The number of hydrazone groups is 1. The van der Waals surface area contributed by atoms with E-state index < -0.39 is 0 Å². The highest BCUT2D eigenvalue weighted by atomic mass is 127. The van der Waals surface area contributed by atoms with Crippen LogP contribution in [-0.2, 0) is 0 Å². The zero-order valence-electron chi connectivity index (χ0n) is 12.1. The van der Waals surface area contributed by atoms with Crippen molar-refractivity contribution in [3.8, 4) is 11.5 Å². The Morgan fingerprint density at radius 3 is 2.64 bits per heavy atom. The molecule has 0 atom stereocenters. The molecule has 6 heteroatoms. The Labute approximate surface area is 142 Å². The molecular formula is C16H15IN2O3. The second-order valence-corrected chi connectivity index (χ2v) is 5.78. The third-order valence-electron chi connectivity index (χ3n) is 2.96. The summed E-state index contributed by atoms with van der Waals surface area (Å²) in [6, 6.07) is 10.6. The number of amides is 1. The maximum absolute atomic E-state index is 11.9. The highest BCUT2D eigenvalue weighted by Gasteiger charge is 2.07. The number of benzene rings is 2. The Hall–Kier alpha value is -2.09. The fraction of sp³-hybridized carbons (Fsp3) is 0.125. The number of rotatable bonds is 4. The van der Waals surface area contributed by atoms with Crippen LogP contribution in [0.5, 0.6) is 11.5 Å². The topological polar surface area (TPSA) is 70.9 Å². The minimum atomic E-state index is -0.281. The smallest absolute Gasteiger partial charge is 0.271 e. The van der Waals surface area contributed by atoms with E-state index in [1.54, 1.807) is 24.3 Å². The molecule has 1 amide bonds. The van der Waals surface area contributed by atoms with Crippen LogP contribution in [0.3, 0.4) is 0 Å². The summed E-state index contributed by atoms with van der Waals surface area (Å²) < 4.78 is 5.71. The summed E-state index contributed by atoms with van der Waals surface area (Å²) in [5, 5.41) is 13.7. The van der Waals surface area contributed by atoms with Gasteiger partial charge in [0.15, 0.2) is 11.5 Å². The minimum Gasteiger partial charge on any atom is -0.504 e. The number of nitrogens with one attached hydrogen (secondary N) is 1. The van der Waals surface area contributed by atoms with Crippen molar-refractivity contribution >= 4 is 34.7 Å². The molecule has 0 bridgehead atoms. The molecule has 2 aromatic carbocycles. The predicted molar refractivity (Wildman–Crippen MR) is 93.6 cm³/mol. The van der Waals surface area contributed by atoms with E-state index in [2.05, 4.69) is 10.5 Å². The summed E-state index contributed by atoms with van der Waals surface area (Å²) in [4.78, 5) is 11.9. The summed E-state index contributed by atoms with van der Waals surface area (Å²) in [6.07, 6.45) is 1.50. The standard InChI is InChI=1S/C16H15IN2O3/c1-10-3-5-12(6-4-10)16(21)19-18-9-11-7-13(17)15(20)14(8-11)22-2/h3-9,20H,1-2H3,(H,19,21)/b18-9-. The van der Waals surface area contributed by atoms with Crippen LogP contribution in [0, 0.1) is 10.5 Å². The number of aromatic hydroxyl groups is 1. The number of phenols is 1. The molecule has 0 unspecified atom stereocenters. The summed E-state index contributed by atoms with van der Waals surface area (Å²) >= 11 is 2.00. The van der Waals surface area contributed by atoms with Crippen molar-refractivity contribution in [2.24, 2.45) is 5.10 Å². The summed E-state index contributed by atoms with van der Waals surface area (Å²) in [5.41, 5.74) is 4.81. The zero-order valence-corrected chi connectivity index (χ0v) is 14.3. The first kappa shape index (κ1) is 16.3. The van der Waals surface area contributed by atoms with Crippen molar-refractivity contribution in [2.75, 3.05) is 7.11 Å². The lowest BCUT2D eigenvalue weighted by Crippen LogP contribution is -2.17. The van der Waals surface area contributed by atoms with Crippen molar-refractivity contribution in [1.29, 1.82) is 0 Å². The first-order valence-corrected chi connectivity index (χ1v) is 7.55. The molecule has 0 aliphatic heterocycles. The number of ether oxygens (including phenoxy) is 1. The van der Waals surface area contributed by atoms with Crippen molar-refractivity contribution in [2.45, 2.75) is 6.92 Å². The van der Waals surface area contributed by atoms with E-state index >= 15 is 0 Å². The van der Waals surface area contributed by atoms with Gasteiger partial charge in [0.1, 0.15) is 0 Å². The van der Waals surface area contributed by atoms with Crippen molar-refractivity contribution in [3.63, 3.8) is 0 Å². The van der Waals surface area contributed by atoms with Crippen LogP contribution < -0.4 is 10.2 Å². The van der Waals surface area contributed by atoms with Gasteiger partial charge in [0, 0.05) is 5.56 Å². The first-order chi connectivity index (χ1) is 10.5. The maximum Gasteiger partial charge on any atom is 0.271 e. The van der Waals surface area contributed by atoms with Gasteiger partial charge in [-0.2, -0.15) is 5.10 Å². The van der Waals surface area contributed by atoms with Crippen molar-refractivity contribution in [1.82, 2.24) is 5.43 Å². The van der Waals surface area contributed by atoms with Crippen LogP contribution in [0.1, 0.15) is 21.5 Å². The molecule has 0 spiro atoms. The molecule has 0 saturated heterocycles. The number of aryl methyl sites for hydroxylation is 1. The van der Waals surface area contributed by atoms with E-state index in [9.17, 15) is 9.90 Å². The SMILES string of the molecule is COc1cc(/C=N\NC(=O)c2ccc(C)cc2)cc(I)c1O. The van der Waals surface area contributed by atoms with Crippen LogP contribution in [-0.4, -0.2) is 24.3 Å². The monoisotopic (exact) mass is 410 g/mol. The van der Waals surface area contributed by atoms with Crippen LogP contribution >= 0.6 is 22.6 Å². The lowest BCUT2D eigenvalue weighted by Gasteiger charge is -2.06. The highest BCUT2D eigenvalue weighted by molar-refractivity contribution is 14.1. The second kappa shape index (κ2) is 7.26. The Morgan fingerprint density at radius 1 is 1.32 bits per heavy atom. The number of methoxy groups -OCH3 is 1. The average Bonchev–Trinajstić information content (AvgIpc) is 2.51. The molecule has 0 aromatic heterocycles. The molecule has 0 radical (unpaired) electrons. The lowest BCUT2D eigenvalue weighted by molar-refractivity contribution is 0.0955. The van der Waals surface area contributed by atoms with Gasteiger partial charge in [-0.05, 0) is 59.3 Å². The summed E-state index contributed by atoms with van der Waals surface area (Å²) in [5.74, 6) is 0.166. The van der Waals surface area contributed by atoms with E-state index in [0.717, 1.165) is 5.56 Å². The second-order valence-electron chi connectivity index (χ2n) is 4.62. The maximum atomic E-state index is 11.9. The average molecular weight is 410 g/mol. The molecule has 2 N–H and O–H groups in total. The third kappa shape index (κ3) is 3.97. The molecule has 0 aliphatic rings. The first-order valence-electron chi connectivity index (χ1n) is 6.48. The number of nitrogens with zero attached hydrogens (tertiary/aromatic N) is 1. The van der Waals surface area contributed by atoms with E-state index in [1.165, 1.54) is 13.3 Å². The van der Waals surface area contributed by atoms with Crippen LogP contribution in [0.15, 0.2) is 41.5 Å². The zero-order chi connectivity index (χ0) is 16.1. The fourth-order valence-corrected chi connectivity index (χ4v) is 2.38. The van der Waals surface area contributed by atoms with Crippen LogP contribution in [0.25, 0.3) is 0 Å². The van der Waals surface area contributed by atoms with Gasteiger partial charge < -0.3 is 9.84 Å². The molecule has 0 heterocycles. The normalized spacial score (nSPS) is 10.7. The van der Waals surface area contributed by atoms with E-state index in [-0.39, 0.29) is 11.7 Å². The van der Waals surface area contributed by atoms with Gasteiger partial charge in [-0.15, -0.1) is 0 Å². The largest absolute Gasteiger partial charge is 0.504 e. The van der Waals surface area contributed by atoms with Gasteiger partial charge >= 0.3 is 0 Å². The van der Waals surface area contributed by atoms with Crippen LogP contribution in [0.2, 0.25) is 0 Å². The van der Waals surface area contributed by atoms with Crippen LogP contribution in [0.4, 0.5) is 0 Å². The van der Waals surface area contributed by atoms with E-state index in [1.807, 2.05) is 41.6 Å². The van der Waals surface area contributed by atoms with Gasteiger partial charge in [0.05, 0.1) is 16.9 Å². The Balaban J connectivity index is 2.08. The van der Waals surface area contributed by atoms with Gasteiger partial charge in [-0.25, -0.2) is 5.43 Å². The molecular weight excluding hydrogens is 395 g/mol. The summed E-state index contributed by atoms with van der Waals surface area (Å²) in [6.45, 7) is 1.96. The quantitative estimate of drug-likeness (QED) is 0.463. The number of phenolic OH excluding ortho intramolecular Hbond substituents is 1.